The number of amides is 1. The van der Waals surface area contributed by atoms with Gasteiger partial charge in [0.1, 0.15) is 16.9 Å². The Hall–Kier alpha value is -2.84. The minimum atomic E-state index is -3.78. The molecule has 4 rings (SSSR count). The zero-order valence-corrected chi connectivity index (χ0v) is 20.1. The molecule has 0 saturated carbocycles. The van der Waals surface area contributed by atoms with Crippen LogP contribution in [0.2, 0.25) is 0 Å². The molecule has 0 bridgehead atoms. The van der Waals surface area contributed by atoms with Gasteiger partial charge in [-0.05, 0) is 57.5 Å². The topological polar surface area (TPSA) is 97.0 Å². The predicted molar refractivity (Wildman–Crippen MR) is 124 cm³/mol. The third-order valence-corrected chi connectivity index (χ3v) is 7.26. The number of fused-ring (bicyclic) bond motifs is 3. The molecule has 0 aliphatic carbocycles. The fraction of sp³-hybridized carbons (Fsp3) is 0.400. The van der Waals surface area contributed by atoms with Crippen LogP contribution in [0.3, 0.4) is 0 Å². The van der Waals surface area contributed by atoms with Crippen molar-refractivity contribution in [2.24, 2.45) is 0 Å². The van der Waals surface area contributed by atoms with Gasteiger partial charge in [0.2, 0.25) is 9.84 Å². The van der Waals surface area contributed by atoms with Crippen LogP contribution in [0, 0.1) is 0 Å². The Balaban J connectivity index is 1.82. The summed E-state index contributed by atoms with van der Waals surface area (Å²) in [5.74, 6) is 0.728. The van der Waals surface area contributed by atoms with Crippen molar-refractivity contribution in [2.75, 3.05) is 6.54 Å². The number of aliphatic hydroxyl groups excluding tert-OH is 1. The molecule has 1 aliphatic heterocycles. The Morgan fingerprint density at radius 2 is 1.88 bits per heavy atom. The van der Waals surface area contributed by atoms with Gasteiger partial charge < -0.3 is 19.2 Å². The average molecular weight is 472 g/mol. The van der Waals surface area contributed by atoms with E-state index in [1.807, 2.05) is 20.8 Å². The van der Waals surface area contributed by atoms with Gasteiger partial charge in [-0.25, -0.2) is 13.2 Å². The van der Waals surface area contributed by atoms with Crippen molar-refractivity contribution in [1.82, 2.24) is 4.90 Å². The molecule has 7 nitrogen and oxygen atoms in total. The van der Waals surface area contributed by atoms with Gasteiger partial charge >= 0.3 is 6.09 Å². The third-order valence-electron chi connectivity index (χ3n) is 5.51. The number of carbonyl (C=O) groups is 1. The van der Waals surface area contributed by atoms with Crippen LogP contribution in [-0.4, -0.2) is 42.8 Å². The zero-order chi connectivity index (χ0) is 24.0. The number of nitrogens with zero attached hydrogens (tertiary/aromatic N) is 1. The van der Waals surface area contributed by atoms with Gasteiger partial charge in [-0.3, -0.25) is 0 Å². The van der Waals surface area contributed by atoms with E-state index in [-0.39, 0.29) is 22.8 Å². The van der Waals surface area contributed by atoms with Crippen LogP contribution in [0.1, 0.15) is 44.6 Å². The van der Waals surface area contributed by atoms with E-state index in [2.05, 4.69) is 0 Å². The molecule has 1 amide bonds. The van der Waals surface area contributed by atoms with E-state index < -0.39 is 27.6 Å². The second kappa shape index (κ2) is 8.50. The van der Waals surface area contributed by atoms with E-state index in [9.17, 15) is 18.3 Å². The van der Waals surface area contributed by atoms with E-state index in [4.69, 9.17) is 9.15 Å². The number of hydrogen-bond donors (Lipinski definition) is 1. The minimum Gasteiger partial charge on any atom is -0.460 e. The van der Waals surface area contributed by atoms with Crippen LogP contribution in [0.4, 0.5) is 4.79 Å². The second-order valence-electron chi connectivity index (χ2n) is 9.48. The lowest BCUT2D eigenvalue weighted by molar-refractivity contribution is 0.0220. The van der Waals surface area contributed by atoms with Crippen molar-refractivity contribution < 1.29 is 27.5 Å². The first-order valence-corrected chi connectivity index (χ1v) is 12.5. The van der Waals surface area contributed by atoms with Gasteiger partial charge in [-0.1, -0.05) is 18.2 Å². The summed E-state index contributed by atoms with van der Waals surface area (Å²) in [5.41, 5.74) is 1.34. The van der Waals surface area contributed by atoms with Crippen LogP contribution in [0.15, 0.2) is 56.7 Å². The first kappa shape index (κ1) is 23.3. The van der Waals surface area contributed by atoms with Crippen molar-refractivity contribution in [1.29, 1.82) is 0 Å². The Morgan fingerprint density at radius 1 is 1.18 bits per heavy atom. The normalized spacial score (nSPS) is 15.4. The summed E-state index contributed by atoms with van der Waals surface area (Å²) in [6.07, 6.45) is -0.349. The Labute approximate surface area is 193 Å². The number of hydrogen-bond acceptors (Lipinski definition) is 6. The van der Waals surface area contributed by atoms with Crippen LogP contribution in [0.5, 0.6) is 0 Å². The van der Waals surface area contributed by atoms with Crippen LogP contribution in [-0.2, 0) is 34.0 Å². The van der Waals surface area contributed by atoms with Crippen LogP contribution in [0.25, 0.3) is 11.0 Å². The maximum Gasteiger partial charge on any atom is 0.410 e. The molecule has 0 fully saturated rings. The predicted octanol–water partition coefficient (Wildman–Crippen LogP) is 4.48. The van der Waals surface area contributed by atoms with E-state index in [0.717, 1.165) is 11.3 Å². The lowest BCUT2D eigenvalue weighted by atomic mass is 10.0. The van der Waals surface area contributed by atoms with Gasteiger partial charge in [0.25, 0.3) is 0 Å². The number of benzene rings is 2. The summed E-state index contributed by atoms with van der Waals surface area (Å²) in [6.45, 7) is 7.81. The van der Waals surface area contributed by atoms with E-state index >= 15 is 0 Å². The summed E-state index contributed by atoms with van der Waals surface area (Å²) in [6, 6.07) is 11.4. The highest BCUT2D eigenvalue weighted by atomic mass is 32.2. The molecular formula is C25H29NO6S. The quantitative estimate of drug-likeness (QED) is 0.603. The van der Waals surface area contributed by atoms with Gasteiger partial charge in [0.05, 0.1) is 22.4 Å². The molecule has 0 spiro atoms. The largest absolute Gasteiger partial charge is 0.460 e. The van der Waals surface area contributed by atoms with Gasteiger partial charge in [-0.2, -0.15) is 0 Å². The lowest BCUT2D eigenvalue weighted by Crippen LogP contribution is -2.39. The fourth-order valence-electron chi connectivity index (χ4n) is 4.06. The smallest absolute Gasteiger partial charge is 0.410 e. The highest BCUT2D eigenvalue weighted by Gasteiger charge is 2.31. The molecule has 1 unspecified atom stereocenters. The summed E-state index contributed by atoms with van der Waals surface area (Å²) in [4.78, 5) is 14.6. The molecule has 0 radical (unpaired) electrons. The molecule has 33 heavy (non-hydrogen) atoms. The van der Waals surface area contributed by atoms with Gasteiger partial charge in [0, 0.05) is 30.3 Å². The number of ether oxygens (including phenoxy) is 1. The highest BCUT2D eigenvalue weighted by Crippen LogP contribution is 2.36. The molecule has 1 aliphatic rings. The van der Waals surface area contributed by atoms with E-state index in [1.54, 1.807) is 54.3 Å². The zero-order valence-electron chi connectivity index (χ0n) is 19.3. The van der Waals surface area contributed by atoms with Crippen molar-refractivity contribution >= 4 is 26.9 Å². The molecule has 1 aromatic heterocycles. The number of carbonyl (C=O) groups excluding carboxylic acids is 1. The van der Waals surface area contributed by atoms with Crippen molar-refractivity contribution in [3.05, 3.63) is 59.4 Å². The Kier molecular flexibility index (Phi) is 6.01. The van der Waals surface area contributed by atoms with Gasteiger partial charge in [0.15, 0.2) is 0 Å². The third kappa shape index (κ3) is 4.77. The summed E-state index contributed by atoms with van der Waals surface area (Å²) in [7, 11) is -3.78. The van der Waals surface area contributed by atoms with Gasteiger partial charge in [-0.15, -0.1) is 0 Å². The average Bonchev–Trinajstić information content (AvgIpc) is 3.11. The summed E-state index contributed by atoms with van der Waals surface area (Å²) >= 11 is 0. The maximum absolute atomic E-state index is 13.4. The van der Waals surface area contributed by atoms with Crippen molar-refractivity contribution in [2.45, 2.75) is 68.6 Å². The molecule has 8 heteroatoms. The summed E-state index contributed by atoms with van der Waals surface area (Å²) in [5, 5.41) is 10.7. The second-order valence-corrected chi connectivity index (χ2v) is 11.4. The maximum atomic E-state index is 13.4. The molecule has 1 atom stereocenters. The molecule has 1 N–H and O–H groups in total. The van der Waals surface area contributed by atoms with E-state index in [1.165, 1.54) is 0 Å². The number of furan rings is 1. The molecule has 3 aromatic rings. The Morgan fingerprint density at radius 3 is 2.52 bits per heavy atom. The monoisotopic (exact) mass is 471 g/mol. The summed E-state index contributed by atoms with van der Waals surface area (Å²) < 4.78 is 38.4. The van der Waals surface area contributed by atoms with Crippen molar-refractivity contribution in [3.8, 4) is 0 Å². The fourth-order valence-corrected chi connectivity index (χ4v) is 5.42. The first-order chi connectivity index (χ1) is 15.5. The standard InChI is InChI=1S/C25H29NO6S/c1-16(27)12-17-13-19(33(29,30)18-8-6-5-7-9-18)14-20-21-15-26(24(28)32-25(2,3)4)11-10-22(21)31-23(17)20/h5-9,13-14,16,27H,10-12,15H2,1-4H3. The number of rotatable bonds is 4. The number of aliphatic hydroxyl groups is 1. The minimum absolute atomic E-state index is 0.134. The molecule has 0 saturated heterocycles. The van der Waals surface area contributed by atoms with Crippen molar-refractivity contribution in [3.63, 3.8) is 0 Å². The molecule has 2 heterocycles. The van der Waals surface area contributed by atoms with Crippen LogP contribution >= 0.6 is 0 Å². The first-order valence-electron chi connectivity index (χ1n) is 11.0. The van der Waals surface area contributed by atoms with Crippen LogP contribution < -0.4 is 0 Å². The van der Waals surface area contributed by atoms with E-state index in [0.29, 0.717) is 29.5 Å². The lowest BCUT2D eigenvalue weighted by Gasteiger charge is -2.29. The molecular weight excluding hydrogens is 442 g/mol. The highest BCUT2D eigenvalue weighted by molar-refractivity contribution is 7.91. The SMILES string of the molecule is CC(O)Cc1cc(S(=O)(=O)c2ccccc2)cc2c3c(oc12)CCN(C(=O)OC(C)(C)C)C3. The number of sulfone groups is 1. The molecule has 176 valence electrons. The Bertz CT molecular complexity index is 1290. The molecule has 2 aromatic carbocycles.